The molecule has 1 aromatic heterocycles. The number of nitrogens with zero attached hydrogens (tertiary/aromatic N) is 5. The number of fused-ring (bicyclic) bond motifs is 2. The molecule has 3 fully saturated rings. The fourth-order valence-electron chi connectivity index (χ4n) is 9.50. The third-order valence-corrected chi connectivity index (χ3v) is 14.2. The number of nitrogens with one attached hydrogen (secondary N) is 3. The van der Waals surface area contributed by atoms with Crippen molar-refractivity contribution < 1.29 is 60.4 Å². The number of anilines is 1. The molecule has 0 saturated carbocycles. The van der Waals surface area contributed by atoms with Crippen LogP contribution in [-0.2, 0) is 41.6 Å². The molecular weight excluding hydrogens is 998 g/mol. The van der Waals surface area contributed by atoms with Crippen LogP contribution in [0.1, 0.15) is 81.7 Å². The number of carbonyl (C=O) groups excluding carboxylic acids is 4. The van der Waals surface area contributed by atoms with Gasteiger partial charge < -0.3 is 40.6 Å². The third-order valence-electron chi connectivity index (χ3n) is 14.2. The molecule has 6 atom stereocenters. The van der Waals surface area contributed by atoms with E-state index in [0.717, 1.165) is 78.3 Å². The summed E-state index contributed by atoms with van der Waals surface area (Å²) in [6, 6.07) is 14.8. The highest BCUT2D eigenvalue weighted by atomic mass is 19.4. The molecule has 412 valence electrons. The van der Waals surface area contributed by atoms with Crippen LogP contribution in [0.2, 0.25) is 0 Å². The Labute approximate surface area is 439 Å². The van der Waals surface area contributed by atoms with Gasteiger partial charge in [0.1, 0.15) is 11.9 Å². The highest BCUT2D eigenvalue weighted by Gasteiger charge is 2.56. The van der Waals surface area contributed by atoms with Gasteiger partial charge in [-0.25, -0.2) is 19.8 Å². The fourth-order valence-corrected chi connectivity index (χ4v) is 9.50. The maximum absolute atomic E-state index is 14.6. The molecule has 2 aromatic carbocycles. The number of aliphatic imine (C=N–C) groups is 1. The first kappa shape index (κ1) is 58.6. The Morgan fingerprint density at radius 1 is 0.882 bits per heavy atom. The quantitative estimate of drug-likeness (QED) is 0.0234. The van der Waals surface area contributed by atoms with Gasteiger partial charge in [0.25, 0.3) is 0 Å². The summed E-state index contributed by atoms with van der Waals surface area (Å²) in [5.74, 6) is 3.58. The van der Waals surface area contributed by atoms with Crippen molar-refractivity contribution in [3.63, 3.8) is 0 Å². The molecular formula is C54H68F5N9O8. The molecule has 76 heavy (non-hydrogen) atoms. The van der Waals surface area contributed by atoms with Gasteiger partial charge in [-0.1, -0.05) is 69.0 Å². The zero-order valence-corrected chi connectivity index (χ0v) is 43.7. The van der Waals surface area contributed by atoms with Gasteiger partial charge in [-0.05, 0) is 79.5 Å². The number of amides is 3. The second-order valence-corrected chi connectivity index (χ2v) is 20.9. The number of allylic oxidation sites excluding steroid dienone is 1. The Hall–Kier alpha value is -6.67. The van der Waals surface area contributed by atoms with Crippen molar-refractivity contribution in [3.8, 4) is 11.8 Å². The number of esters is 1. The number of piperazine rings is 1. The van der Waals surface area contributed by atoms with E-state index < -0.39 is 78.1 Å². The largest absolute Gasteiger partial charge is 0.469 e. The van der Waals surface area contributed by atoms with E-state index in [1.54, 1.807) is 75.5 Å². The zero-order chi connectivity index (χ0) is 55.5. The minimum absolute atomic E-state index is 0.140. The topological polar surface area (TPSA) is 213 Å². The van der Waals surface area contributed by atoms with Crippen LogP contribution < -0.4 is 26.7 Å². The van der Waals surface area contributed by atoms with Crippen LogP contribution in [0.25, 0.3) is 5.57 Å². The van der Waals surface area contributed by atoms with Crippen LogP contribution in [0.3, 0.4) is 0 Å². The number of hydrogen-bond donors (Lipinski definition) is 5. The molecule has 2 unspecified atom stereocenters. The standard InChI is InChI=1S/C54H68F5N9O8/c1-52(2,3)42(23-46(70)74-6)48(71)65-67(27-36-14-17-37(18-15-36)38(24-60)26-62-50(55)56)30-44(69)43(63-49(72)47(64-51(73)75-7)53(4,5)54(57,58)59)22-34-11-8-33(9-12-34)10-13-35-16-21-45(61-25-35)66-28-39-19-20-40(29-66)68(39)41-31-76-32-41/h8-9,11-12,14-18,21,24-26,39-44,47,50,69H,19-20,22-23,27-32,60H2,1-7H3,(H,63,72)(H,64,73)(H,65,71)/t39?,40?,42-,43+,44+,47-/m1/s1. The number of alkyl carbamates (subject to hydrolysis) is 1. The van der Waals surface area contributed by atoms with Gasteiger partial charge in [-0.2, -0.15) is 22.0 Å². The minimum Gasteiger partial charge on any atom is -0.469 e. The fraction of sp³-hybridized carbons (Fsp3) is 0.519. The highest BCUT2D eigenvalue weighted by molar-refractivity contribution is 6.09. The minimum atomic E-state index is -5.01. The van der Waals surface area contributed by atoms with E-state index in [1.807, 2.05) is 17.4 Å². The van der Waals surface area contributed by atoms with E-state index in [2.05, 4.69) is 42.1 Å². The van der Waals surface area contributed by atoms with Gasteiger partial charge in [-0.3, -0.25) is 24.7 Å². The lowest BCUT2D eigenvalue weighted by atomic mass is 9.78. The lowest BCUT2D eigenvalue weighted by molar-refractivity contribution is -0.220. The van der Waals surface area contributed by atoms with Crippen molar-refractivity contribution in [3.05, 3.63) is 101 Å². The van der Waals surface area contributed by atoms with Crippen LogP contribution in [0.15, 0.2) is 78.1 Å². The van der Waals surface area contributed by atoms with Crippen molar-refractivity contribution in [2.24, 2.45) is 27.5 Å². The number of methoxy groups -OCH3 is 2. The summed E-state index contributed by atoms with van der Waals surface area (Å²) < 4.78 is 84.4. The molecule has 0 spiro atoms. The highest BCUT2D eigenvalue weighted by Crippen LogP contribution is 2.41. The molecule has 3 aliphatic heterocycles. The molecule has 22 heteroatoms. The number of ether oxygens (including phenoxy) is 3. The molecule has 0 aliphatic carbocycles. The average molecular weight is 1070 g/mol. The average Bonchev–Trinajstić information content (AvgIpc) is 3.58. The van der Waals surface area contributed by atoms with Gasteiger partial charge in [0.2, 0.25) is 11.8 Å². The number of benzene rings is 2. The number of rotatable bonds is 20. The summed E-state index contributed by atoms with van der Waals surface area (Å²) in [7, 11) is 2.11. The first-order chi connectivity index (χ1) is 35.9. The van der Waals surface area contributed by atoms with E-state index in [-0.39, 0.29) is 25.0 Å². The normalized spacial score (nSPS) is 19.0. The number of halogens is 5. The molecule has 4 heterocycles. The monoisotopic (exact) mass is 1070 g/mol. The van der Waals surface area contributed by atoms with E-state index in [1.165, 1.54) is 12.1 Å². The number of aliphatic hydroxyl groups excluding tert-OH is 1. The second-order valence-electron chi connectivity index (χ2n) is 20.9. The van der Waals surface area contributed by atoms with E-state index in [0.29, 0.717) is 45.9 Å². The Kier molecular flexibility index (Phi) is 19.6. The van der Waals surface area contributed by atoms with Crippen molar-refractivity contribution in [2.75, 3.05) is 52.0 Å². The number of aliphatic hydroxyl groups is 1. The van der Waals surface area contributed by atoms with Crippen molar-refractivity contribution in [2.45, 2.75) is 116 Å². The Balaban J connectivity index is 1.26. The summed E-state index contributed by atoms with van der Waals surface area (Å²) in [6.07, 6.45) is -2.41. The number of nitrogens with two attached hydrogens (primary N) is 1. The maximum Gasteiger partial charge on any atom is 0.407 e. The lowest BCUT2D eigenvalue weighted by Gasteiger charge is -2.47. The number of hydrazine groups is 1. The Morgan fingerprint density at radius 3 is 2.03 bits per heavy atom. The van der Waals surface area contributed by atoms with Gasteiger partial charge >= 0.3 is 24.8 Å². The van der Waals surface area contributed by atoms with E-state index >= 15 is 0 Å². The van der Waals surface area contributed by atoms with Gasteiger partial charge in [-0.15, -0.1) is 0 Å². The predicted molar refractivity (Wildman–Crippen MR) is 274 cm³/mol. The summed E-state index contributed by atoms with van der Waals surface area (Å²) in [5.41, 5.74) is 7.75. The molecule has 6 N–H and O–H groups in total. The second kappa shape index (κ2) is 25.4. The Morgan fingerprint density at radius 2 is 1.50 bits per heavy atom. The van der Waals surface area contributed by atoms with Crippen molar-refractivity contribution in [1.82, 2.24) is 31.0 Å². The van der Waals surface area contributed by atoms with Crippen LogP contribution in [0.4, 0.5) is 32.6 Å². The van der Waals surface area contributed by atoms with Crippen LogP contribution in [0.5, 0.6) is 0 Å². The van der Waals surface area contributed by atoms with Crippen molar-refractivity contribution in [1.29, 1.82) is 0 Å². The lowest BCUT2D eigenvalue weighted by Crippen LogP contribution is -2.62. The molecule has 3 aromatic rings. The van der Waals surface area contributed by atoms with E-state index in [9.17, 15) is 46.2 Å². The summed E-state index contributed by atoms with van der Waals surface area (Å²) in [5, 5.41) is 18.0. The molecule has 0 radical (unpaired) electrons. The molecule has 2 bridgehead atoms. The number of aromatic nitrogens is 1. The van der Waals surface area contributed by atoms with Crippen LogP contribution in [0, 0.1) is 28.6 Å². The maximum atomic E-state index is 14.6. The van der Waals surface area contributed by atoms with Gasteiger partial charge in [0.05, 0.1) is 63.4 Å². The predicted octanol–water partition coefficient (Wildman–Crippen LogP) is 5.59. The van der Waals surface area contributed by atoms with Gasteiger partial charge in [0.15, 0.2) is 0 Å². The van der Waals surface area contributed by atoms with E-state index in [4.69, 9.17) is 20.2 Å². The molecule has 3 aliphatic rings. The smallest absolute Gasteiger partial charge is 0.407 e. The first-order valence-electron chi connectivity index (χ1n) is 24.9. The van der Waals surface area contributed by atoms with Crippen molar-refractivity contribution >= 4 is 41.5 Å². The van der Waals surface area contributed by atoms with Crippen LogP contribution in [-0.4, -0.2) is 146 Å². The third kappa shape index (κ3) is 15.3. The number of pyridine rings is 1. The molecule has 17 nitrogen and oxygen atoms in total. The Bertz CT molecular complexity index is 2580. The first-order valence-corrected chi connectivity index (χ1v) is 24.9. The summed E-state index contributed by atoms with van der Waals surface area (Å²) in [4.78, 5) is 66.0. The number of alkyl halides is 5. The molecule has 3 amide bonds. The summed E-state index contributed by atoms with van der Waals surface area (Å²) in [6.45, 7) is 6.51. The molecule has 3 saturated heterocycles. The zero-order valence-electron chi connectivity index (χ0n) is 43.7. The molecule has 6 rings (SSSR count). The summed E-state index contributed by atoms with van der Waals surface area (Å²) >= 11 is 0. The van der Waals surface area contributed by atoms with Crippen LogP contribution >= 0.6 is 0 Å². The number of hydrogen-bond acceptors (Lipinski definition) is 14. The van der Waals surface area contributed by atoms with Gasteiger partial charge in [0, 0.05) is 73.6 Å². The SMILES string of the molecule is COC(=O)C[C@H](C(=O)NN(Cc1ccc(C(C=NC(F)F)=CN)cc1)C[C@H](O)[C@H](Cc1ccc(C#Cc2ccc(N3CC4CCC(C3)N4C3COC3)nc2)cc1)NC(=O)[C@@H](NC(=O)OC)C(C)(C)C(F)(F)F)C(C)(C)C. The number of carbonyl (C=O) groups is 4.